The largest absolute Gasteiger partial charge is 0.396 e. The minimum Gasteiger partial charge on any atom is -0.396 e. The Morgan fingerprint density at radius 2 is 1.86 bits per heavy atom. The maximum absolute atomic E-state index is 5.90. The summed E-state index contributed by atoms with van der Waals surface area (Å²) >= 11 is 0. The molecule has 0 atom stereocenters. The Hall–Kier alpha value is -1.25. The van der Waals surface area contributed by atoms with Gasteiger partial charge in [0.2, 0.25) is 0 Å². The van der Waals surface area contributed by atoms with Crippen molar-refractivity contribution in [3.63, 3.8) is 0 Å². The van der Waals surface area contributed by atoms with E-state index in [1.807, 2.05) is 18.3 Å². The van der Waals surface area contributed by atoms with Gasteiger partial charge in [-0.25, -0.2) is 4.98 Å². The van der Waals surface area contributed by atoms with Crippen LogP contribution in [0.25, 0.3) is 0 Å². The van der Waals surface area contributed by atoms with E-state index in [-0.39, 0.29) is 0 Å². The smallest absolute Gasteiger partial charge is 0.151 e. The number of hydrogen-bond donors (Lipinski definition) is 1. The Kier molecular flexibility index (Phi) is 2.87. The van der Waals surface area contributed by atoms with E-state index in [2.05, 4.69) is 9.88 Å². The molecule has 76 valence electrons. The molecular weight excluding hydrogens is 174 g/mol. The molecule has 1 aromatic heterocycles. The first-order chi connectivity index (χ1) is 6.88. The first kappa shape index (κ1) is 9.31. The quantitative estimate of drug-likeness (QED) is 0.738. The van der Waals surface area contributed by atoms with Crippen molar-refractivity contribution in [2.24, 2.45) is 0 Å². The average molecular weight is 191 g/mol. The molecule has 1 fully saturated rings. The van der Waals surface area contributed by atoms with E-state index in [0.717, 1.165) is 24.6 Å². The van der Waals surface area contributed by atoms with Crippen molar-refractivity contribution >= 4 is 11.5 Å². The number of nitrogens with two attached hydrogens (primary N) is 1. The molecule has 0 bridgehead atoms. The van der Waals surface area contributed by atoms with E-state index in [4.69, 9.17) is 5.73 Å². The second-order valence-electron chi connectivity index (χ2n) is 3.82. The second kappa shape index (κ2) is 4.31. The number of rotatable bonds is 1. The Labute approximate surface area is 84.9 Å². The fourth-order valence-corrected chi connectivity index (χ4v) is 1.96. The number of hydrogen-bond acceptors (Lipinski definition) is 3. The SMILES string of the molecule is Nc1cccnc1N1CCCCCC1. The summed E-state index contributed by atoms with van der Waals surface area (Å²) in [5.74, 6) is 0.967. The van der Waals surface area contributed by atoms with E-state index in [1.54, 1.807) is 0 Å². The number of pyridine rings is 1. The van der Waals surface area contributed by atoms with Gasteiger partial charge >= 0.3 is 0 Å². The summed E-state index contributed by atoms with van der Waals surface area (Å²) in [5.41, 5.74) is 6.70. The molecule has 2 rings (SSSR count). The predicted molar refractivity (Wildman–Crippen MR) is 59.3 cm³/mol. The zero-order chi connectivity index (χ0) is 9.80. The highest BCUT2D eigenvalue weighted by Gasteiger charge is 2.12. The molecule has 0 unspecified atom stereocenters. The fourth-order valence-electron chi connectivity index (χ4n) is 1.96. The first-order valence-corrected chi connectivity index (χ1v) is 5.33. The highest BCUT2D eigenvalue weighted by atomic mass is 15.2. The maximum atomic E-state index is 5.90. The van der Waals surface area contributed by atoms with Gasteiger partial charge in [-0.3, -0.25) is 0 Å². The Bertz CT molecular complexity index is 290. The molecule has 0 saturated carbocycles. The Morgan fingerprint density at radius 3 is 2.50 bits per heavy atom. The lowest BCUT2D eigenvalue weighted by molar-refractivity contribution is 0.726. The molecule has 2 heterocycles. The molecule has 1 aliphatic rings. The maximum Gasteiger partial charge on any atom is 0.151 e. The lowest BCUT2D eigenvalue weighted by atomic mass is 10.2. The van der Waals surface area contributed by atoms with Gasteiger partial charge in [-0.1, -0.05) is 12.8 Å². The van der Waals surface area contributed by atoms with Gasteiger partial charge in [-0.05, 0) is 25.0 Å². The van der Waals surface area contributed by atoms with Crippen LogP contribution in [0.15, 0.2) is 18.3 Å². The van der Waals surface area contributed by atoms with Crippen LogP contribution < -0.4 is 10.6 Å². The second-order valence-corrected chi connectivity index (χ2v) is 3.82. The molecule has 0 aromatic carbocycles. The molecule has 0 spiro atoms. The molecule has 14 heavy (non-hydrogen) atoms. The van der Waals surface area contributed by atoms with Crippen LogP contribution in [0, 0.1) is 0 Å². The van der Waals surface area contributed by atoms with Crippen molar-refractivity contribution in [3.8, 4) is 0 Å². The molecule has 1 aliphatic heterocycles. The van der Waals surface area contributed by atoms with Crippen molar-refractivity contribution < 1.29 is 0 Å². The predicted octanol–water partition coefficient (Wildman–Crippen LogP) is 2.04. The van der Waals surface area contributed by atoms with Gasteiger partial charge in [0, 0.05) is 19.3 Å². The van der Waals surface area contributed by atoms with Gasteiger partial charge in [0.15, 0.2) is 5.82 Å². The van der Waals surface area contributed by atoms with Crippen LogP contribution in [0.3, 0.4) is 0 Å². The first-order valence-electron chi connectivity index (χ1n) is 5.33. The molecule has 3 nitrogen and oxygen atoms in total. The zero-order valence-electron chi connectivity index (χ0n) is 8.45. The molecule has 0 radical (unpaired) electrons. The molecule has 1 saturated heterocycles. The summed E-state index contributed by atoms with van der Waals surface area (Å²) in [5, 5.41) is 0. The summed E-state index contributed by atoms with van der Waals surface area (Å²) in [6.45, 7) is 2.20. The normalized spacial score (nSPS) is 17.9. The van der Waals surface area contributed by atoms with Crippen LogP contribution in [-0.2, 0) is 0 Å². The van der Waals surface area contributed by atoms with Crippen molar-refractivity contribution in [1.29, 1.82) is 0 Å². The Balaban J connectivity index is 2.16. The lowest BCUT2D eigenvalue weighted by Crippen LogP contribution is -2.25. The molecule has 2 N–H and O–H groups in total. The van der Waals surface area contributed by atoms with Gasteiger partial charge < -0.3 is 10.6 Å². The lowest BCUT2D eigenvalue weighted by Gasteiger charge is -2.22. The van der Waals surface area contributed by atoms with E-state index < -0.39 is 0 Å². The third-order valence-corrected chi connectivity index (χ3v) is 2.72. The highest BCUT2D eigenvalue weighted by Crippen LogP contribution is 2.22. The minimum absolute atomic E-state index is 0.800. The van der Waals surface area contributed by atoms with Crippen LogP contribution in [0.2, 0.25) is 0 Å². The molecule has 1 aromatic rings. The number of aromatic nitrogens is 1. The van der Waals surface area contributed by atoms with E-state index in [9.17, 15) is 0 Å². The minimum atomic E-state index is 0.800. The Morgan fingerprint density at radius 1 is 1.14 bits per heavy atom. The summed E-state index contributed by atoms with van der Waals surface area (Å²) in [4.78, 5) is 6.65. The van der Waals surface area contributed by atoms with Crippen molar-refractivity contribution in [2.45, 2.75) is 25.7 Å². The molecule has 0 amide bonds. The molecule has 3 heteroatoms. The highest BCUT2D eigenvalue weighted by molar-refractivity contribution is 5.62. The monoisotopic (exact) mass is 191 g/mol. The summed E-state index contributed by atoms with van der Waals surface area (Å²) < 4.78 is 0. The molecule has 0 aliphatic carbocycles. The summed E-state index contributed by atoms with van der Waals surface area (Å²) in [6, 6.07) is 3.81. The van der Waals surface area contributed by atoms with Crippen molar-refractivity contribution in [2.75, 3.05) is 23.7 Å². The third-order valence-electron chi connectivity index (χ3n) is 2.72. The average Bonchev–Trinajstić information content (AvgIpc) is 2.47. The van der Waals surface area contributed by atoms with Crippen LogP contribution >= 0.6 is 0 Å². The number of nitrogen functional groups attached to an aromatic ring is 1. The third kappa shape index (κ3) is 1.97. The van der Waals surface area contributed by atoms with Crippen LogP contribution in [0.5, 0.6) is 0 Å². The number of nitrogens with zero attached hydrogens (tertiary/aromatic N) is 2. The number of anilines is 2. The van der Waals surface area contributed by atoms with Crippen molar-refractivity contribution in [1.82, 2.24) is 4.98 Å². The van der Waals surface area contributed by atoms with Crippen molar-refractivity contribution in [3.05, 3.63) is 18.3 Å². The zero-order valence-corrected chi connectivity index (χ0v) is 8.45. The van der Waals surface area contributed by atoms with E-state index in [0.29, 0.717) is 0 Å². The fraction of sp³-hybridized carbons (Fsp3) is 0.545. The summed E-state index contributed by atoms with van der Waals surface area (Å²) in [6.07, 6.45) is 7.01. The molecular formula is C11H17N3. The van der Waals surface area contributed by atoms with Gasteiger partial charge in [-0.15, -0.1) is 0 Å². The van der Waals surface area contributed by atoms with E-state index >= 15 is 0 Å². The van der Waals surface area contributed by atoms with Gasteiger partial charge in [0.1, 0.15) is 0 Å². The van der Waals surface area contributed by atoms with Gasteiger partial charge in [0.05, 0.1) is 5.69 Å². The van der Waals surface area contributed by atoms with Crippen LogP contribution in [0.4, 0.5) is 11.5 Å². The van der Waals surface area contributed by atoms with E-state index in [1.165, 1.54) is 25.7 Å². The topological polar surface area (TPSA) is 42.1 Å². The van der Waals surface area contributed by atoms with Crippen LogP contribution in [0.1, 0.15) is 25.7 Å². The summed E-state index contributed by atoms with van der Waals surface area (Å²) in [7, 11) is 0. The van der Waals surface area contributed by atoms with Gasteiger partial charge in [-0.2, -0.15) is 0 Å². The van der Waals surface area contributed by atoms with Gasteiger partial charge in [0.25, 0.3) is 0 Å². The van der Waals surface area contributed by atoms with Crippen LogP contribution in [-0.4, -0.2) is 18.1 Å². The standard InChI is InChI=1S/C11H17N3/c12-10-6-5-7-13-11(10)14-8-3-1-2-4-9-14/h5-7H,1-4,8-9,12H2.